The molecule has 0 fully saturated rings. The van der Waals surface area contributed by atoms with Crippen molar-refractivity contribution in [1.82, 2.24) is 10.3 Å². The summed E-state index contributed by atoms with van der Waals surface area (Å²) in [5.41, 5.74) is 13.8. The fraction of sp³-hybridized carbons (Fsp3) is 0.176. The van der Waals surface area contributed by atoms with Gasteiger partial charge in [-0.25, -0.2) is 9.98 Å². The van der Waals surface area contributed by atoms with E-state index in [1.807, 2.05) is 36.5 Å². The topological polar surface area (TPSA) is 149 Å². The zero-order valence-corrected chi connectivity index (χ0v) is 14.8. The molecule has 6 N–H and O–H groups in total. The predicted molar refractivity (Wildman–Crippen MR) is 102 cm³/mol. The first-order valence-electron chi connectivity index (χ1n) is 7.80. The van der Waals surface area contributed by atoms with Gasteiger partial charge < -0.3 is 16.8 Å². The van der Waals surface area contributed by atoms with Crippen molar-refractivity contribution in [2.24, 2.45) is 4.99 Å². The van der Waals surface area contributed by atoms with Gasteiger partial charge in [0, 0.05) is 10.5 Å². The lowest BCUT2D eigenvalue weighted by molar-refractivity contribution is 0.845. The first-order valence-corrected chi connectivity index (χ1v) is 8.79. The van der Waals surface area contributed by atoms with E-state index in [-0.39, 0.29) is 23.0 Å². The average Bonchev–Trinajstić information content (AvgIpc) is 2.62. The highest BCUT2D eigenvalue weighted by atomic mass is 32.2. The summed E-state index contributed by atoms with van der Waals surface area (Å²) in [7, 11) is 0. The van der Waals surface area contributed by atoms with Gasteiger partial charge in [0.1, 0.15) is 29.3 Å². The minimum absolute atomic E-state index is 0.0305. The molecule has 0 saturated heterocycles. The van der Waals surface area contributed by atoms with Crippen molar-refractivity contribution in [2.75, 3.05) is 22.5 Å². The molecule has 26 heavy (non-hydrogen) atoms. The Morgan fingerprint density at radius 1 is 1.27 bits per heavy atom. The van der Waals surface area contributed by atoms with E-state index in [1.54, 1.807) is 11.8 Å². The number of nitrogens with zero attached hydrogens (tertiary/aromatic N) is 4. The van der Waals surface area contributed by atoms with Crippen LogP contribution >= 0.6 is 11.8 Å². The second-order valence-electron chi connectivity index (χ2n) is 5.40. The molecule has 1 atom stereocenters. The van der Waals surface area contributed by atoms with Crippen molar-refractivity contribution < 1.29 is 0 Å². The van der Waals surface area contributed by atoms with Gasteiger partial charge in [-0.3, -0.25) is 5.32 Å². The molecule has 0 saturated carbocycles. The van der Waals surface area contributed by atoms with Crippen LogP contribution in [0.2, 0.25) is 0 Å². The molecule has 9 heteroatoms. The lowest BCUT2D eigenvalue weighted by Gasteiger charge is -2.26. The van der Waals surface area contributed by atoms with Crippen LogP contribution < -0.4 is 22.1 Å². The number of anilines is 3. The minimum Gasteiger partial charge on any atom is -0.397 e. The lowest BCUT2D eigenvalue weighted by atomic mass is 9.95. The largest absolute Gasteiger partial charge is 0.397 e. The predicted octanol–water partition coefficient (Wildman–Crippen LogP) is 2.17. The molecular weight excluding hydrogens is 348 g/mol. The third-order valence-electron chi connectivity index (χ3n) is 3.86. The number of thioether (sulfide) groups is 1. The van der Waals surface area contributed by atoms with Gasteiger partial charge in [0.2, 0.25) is 5.96 Å². The van der Waals surface area contributed by atoms with Gasteiger partial charge in [-0.15, -0.1) is 11.8 Å². The normalized spacial score (nSPS) is 15.0. The van der Waals surface area contributed by atoms with Crippen LogP contribution in [0.5, 0.6) is 0 Å². The van der Waals surface area contributed by atoms with E-state index in [2.05, 4.69) is 27.5 Å². The molecule has 1 aromatic heterocycles. The Bertz CT molecular complexity index is 953. The number of pyridine rings is 1. The molecule has 1 aromatic carbocycles. The zero-order valence-electron chi connectivity index (χ0n) is 13.9. The van der Waals surface area contributed by atoms with Crippen LogP contribution in [0.25, 0.3) is 0 Å². The summed E-state index contributed by atoms with van der Waals surface area (Å²) in [5, 5.41) is 23.6. The fourth-order valence-corrected chi connectivity index (χ4v) is 3.40. The summed E-state index contributed by atoms with van der Waals surface area (Å²) >= 11 is 1.74. The Balaban J connectivity index is 2.15. The van der Waals surface area contributed by atoms with E-state index in [9.17, 15) is 5.26 Å². The minimum atomic E-state index is -0.511. The van der Waals surface area contributed by atoms with Crippen molar-refractivity contribution in [3.63, 3.8) is 0 Å². The molecule has 0 radical (unpaired) electrons. The smallest absolute Gasteiger partial charge is 0.211 e. The van der Waals surface area contributed by atoms with E-state index in [0.29, 0.717) is 11.4 Å². The number of aromatic nitrogens is 1. The number of fused-ring (bicyclic) bond motifs is 1. The molecule has 1 unspecified atom stereocenters. The Morgan fingerprint density at radius 2 is 2.00 bits per heavy atom. The Kier molecular flexibility index (Phi) is 4.83. The number of nitrogen functional groups attached to an aromatic ring is 2. The number of aliphatic imine (C=N–C) groups is 1. The van der Waals surface area contributed by atoms with Gasteiger partial charge in [0.15, 0.2) is 6.19 Å². The maximum Gasteiger partial charge on any atom is 0.211 e. The average molecular weight is 364 g/mol. The van der Waals surface area contributed by atoms with Crippen molar-refractivity contribution in [3.05, 3.63) is 41.0 Å². The molecule has 0 bridgehead atoms. The van der Waals surface area contributed by atoms with Gasteiger partial charge >= 0.3 is 0 Å². The summed E-state index contributed by atoms with van der Waals surface area (Å²) in [5.74, 6) is 1.63. The quantitative estimate of drug-likeness (QED) is 0.368. The third kappa shape index (κ3) is 3.08. The number of guanidine groups is 1. The second kappa shape index (κ2) is 7.21. The Morgan fingerprint density at radius 3 is 2.62 bits per heavy atom. The first kappa shape index (κ1) is 17.4. The van der Waals surface area contributed by atoms with Gasteiger partial charge in [0.05, 0.1) is 5.69 Å². The Labute approximate surface area is 154 Å². The summed E-state index contributed by atoms with van der Waals surface area (Å²) in [4.78, 5) is 9.89. The monoisotopic (exact) mass is 364 g/mol. The molecular formula is C17H16N8S. The van der Waals surface area contributed by atoms with Crippen LogP contribution in [0.3, 0.4) is 0 Å². The highest BCUT2D eigenvalue weighted by Crippen LogP contribution is 2.40. The summed E-state index contributed by atoms with van der Waals surface area (Å²) < 4.78 is 0. The maximum atomic E-state index is 9.32. The summed E-state index contributed by atoms with van der Waals surface area (Å²) in [6.45, 7) is 2.09. The number of nitriles is 2. The van der Waals surface area contributed by atoms with E-state index < -0.39 is 6.04 Å². The molecule has 2 aromatic rings. The van der Waals surface area contributed by atoms with Crippen LogP contribution in [-0.2, 0) is 0 Å². The molecule has 0 spiro atoms. The second-order valence-corrected chi connectivity index (χ2v) is 6.74. The van der Waals surface area contributed by atoms with Gasteiger partial charge in [-0.05, 0) is 23.4 Å². The molecule has 8 nitrogen and oxygen atoms in total. The summed E-state index contributed by atoms with van der Waals surface area (Å²) in [6, 6.07) is 9.39. The van der Waals surface area contributed by atoms with E-state index in [0.717, 1.165) is 16.2 Å². The number of nitrogens with two attached hydrogens (primary N) is 2. The number of benzene rings is 1. The Hall–Kier alpha value is -3.43. The van der Waals surface area contributed by atoms with Crippen molar-refractivity contribution in [3.8, 4) is 12.3 Å². The van der Waals surface area contributed by atoms with Crippen molar-refractivity contribution in [2.45, 2.75) is 17.9 Å². The standard InChI is InChI=1S/C17H16N8S/c1-2-26-10-5-3-9(4-6-10)14-12-13(20)11(7-18)15(21)24-16(12)25-17(23-14)22-8-19/h3-6,14H,2H2,1H3,(H6,20,21,22,23,24,25). The van der Waals surface area contributed by atoms with E-state index in [4.69, 9.17) is 16.7 Å². The van der Waals surface area contributed by atoms with E-state index >= 15 is 0 Å². The van der Waals surface area contributed by atoms with Gasteiger partial charge in [-0.2, -0.15) is 10.5 Å². The zero-order chi connectivity index (χ0) is 18.7. The molecule has 1 aliphatic heterocycles. The molecule has 0 amide bonds. The molecule has 1 aliphatic rings. The molecule has 2 heterocycles. The van der Waals surface area contributed by atoms with Gasteiger partial charge in [-0.1, -0.05) is 19.1 Å². The van der Waals surface area contributed by atoms with Crippen LogP contribution in [-0.4, -0.2) is 16.7 Å². The highest BCUT2D eigenvalue weighted by molar-refractivity contribution is 7.99. The van der Waals surface area contributed by atoms with Crippen LogP contribution in [0.1, 0.15) is 29.7 Å². The SMILES string of the molecule is CCSc1ccc(C2N=C(NC#N)Nc3nc(N)c(C#N)c(N)c32)cc1. The number of hydrogen-bond acceptors (Lipinski definition) is 9. The number of nitrogens with one attached hydrogen (secondary N) is 2. The van der Waals surface area contributed by atoms with Crippen LogP contribution in [0.4, 0.5) is 17.3 Å². The number of hydrogen-bond donors (Lipinski definition) is 4. The molecule has 3 rings (SSSR count). The van der Waals surface area contributed by atoms with Crippen LogP contribution in [0, 0.1) is 22.8 Å². The van der Waals surface area contributed by atoms with Crippen molar-refractivity contribution >= 4 is 35.0 Å². The molecule has 0 aliphatic carbocycles. The summed E-state index contributed by atoms with van der Waals surface area (Å²) in [6.07, 6.45) is 1.83. The highest BCUT2D eigenvalue weighted by Gasteiger charge is 2.29. The third-order valence-corrected chi connectivity index (χ3v) is 4.76. The van der Waals surface area contributed by atoms with Crippen molar-refractivity contribution in [1.29, 1.82) is 10.5 Å². The number of rotatable bonds is 3. The fourth-order valence-electron chi connectivity index (χ4n) is 2.74. The molecule has 130 valence electrons. The van der Waals surface area contributed by atoms with Gasteiger partial charge in [0.25, 0.3) is 0 Å². The first-order chi connectivity index (χ1) is 12.6. The van der Waals surface area contributed by atoms with E-state index in [1.165, 1.54) is 0 Å². The maximum absolute atomic E-state index is 9.32. The lowest BCUT2D eigenvalue weighted by Crippen LogP contribution is -2.32. The van der Waals surface area contributed by atoms with Crippen LogP contribution in [0.15, 0.2) is 34.2 Å².